The lowest BCUT2D eigenvalue weighted by Gasteiger charge is -2.16. The molecule has 1 unspecified atom stereocenters. The van der Waals surface area contributed by atoms with Gasteiger partial charge in [0.15, 0.2) is 0 Å². The van der Waals surface area contributed by atoms with Gasteiger partial charge in [0.25, 0.3) is 0 Å². The number of ether oxygens (including phenoxy) is 1. The molecule has 0 radical (unpaired) electrons. The van der Waals surface area contributed by atoms with Crippen molar-refractivity contribution in [2.75, 3.05) is 38.3 Å². The number of rotatable bonds is 22. The Hall–Kier alpha value is -0.110. The molecule has 174 valence electrons. The number of hydrogen-bond donors (Lipinski definition) is 2. The first-order valence-electron chi connectivity index (χ1n) is 10.9. The molecule has 7 nitrogen and oxygen atoms in total. The van der Waals surface area contributed by atoms with Gasteiger partial charge in [-0.25, -0.2) is 4.57 Å². The summed E-state index contributed by atoms with van der Waals surface area (Å²) in [5, 5.41) is 0. The van der Waals surface area contributed by atoms with Crippen LogP contribution in [0, 0.1) is 0 Å². The second-order valence-electron chi connectivity index (χ2n) is 7.40. The fourth-order valence-electron chi connectivity index (χ4n) is 2.91. The summed E-state index contributed by atoms with van der Waals surface area (Å²) < 4.78 is 20.4. The Morgan fingerprint density at radius 2 is 1.52 bits per heavy atom. The summed E-state index contributed by atoms with van der Waals surface area (Å²) in [6, 6.07) is 0. The van der Waals surface area contributed by atoms with Gasteiger partial charge in [-0.15, -0.1) is 0 Å². The number of amides is 1. The Bertz CT molecular complexity index is 424. The third kappa shape index (κ3) is 20.9. The molecular weight excluding hydrogens is 413 g/mol. The zero-order valence-electron chi connectivity index (χ0n) is 18.3. The third-order valence-electron chi connectivity index (χ3n) is 4.75. The molecular formula is C20H42NO6PS. The van der Waals surface area contributed by atoms with Crippen LogP contribution in [0.5, 0.6) is 0 Å². The smallest absolute Gasteiger partial charge is 0.378 e. The van der Waals surface area contributed by atoms with Crippen LogP contribution in [0.4, 0.5) is 0 Å². The monoisotopic (exact) mass is 455 g/mol. The van der Waals surface area contributed by atoms with Crippen LogP contribution in [0.25, 0.3) is 0 Å². The highest BCUT2D eigenvalue weighted by atomic mass is 32.2. The standard InChI is InChI=1S/C20H42NO6PS/c1-3-4-14-21(19-22)15-12-10-8-6-5-7-9-11-13-16-29-18-20(26-2)17-27-28(23,24)25/h19-20H,3-18H2,1-2H3,(H2,23,24,25). The molecule has 0 fully saturated rings. The van der Waals surface area contributed by atoms with E-state index in [1.807, 2.05) is 4.90 Å². The summed E-state index contributed by atoms with van der Waals surface area (Å²) in [7, 11) is -2.89. The van der Waals surface area contributed by atoms with Crippen molar-refractivity contribution < 1.29 is 28.4 Å². The zero-order valence-corrected chi connectivity index (χ0v) is 20.0. The maximum atomic E-state index is 10.9. The summed E-state index contributed by atoms with van der Waals surface area (Å²) in [6.45, 7) is 3.86. The summed E-state index contributed by atoms with van der Waals surface area (Å²) >= 11 is 1.74. The number of carbonyl (C=O) groups excluding carboxylic acids is 1. The molecule has 2 N–H and O–H groups in total. The molecule has 1 atom stereocenters. The van der Waals surface area contributed by atoms with Crippen LogP contribution in [0.2, 0.25) is 0 Å². The fourth-order valence-corrected chi connectivity index (χ4v) is 4.34. The zero-order chi connectivity index (χ0) is 21.8. The van der Waals surface area contributed by atoms with Crippen molar-refractivity contribution in [3.63, 3.8) is 0 Å². The normalized spacial score (nSPS) is 12.8. The first-order valence-corrected chi connectivity index (χ1v) is 13.6. The molecule has 0 saturated heterocycles. The predicted molar refractivity (Wildman–Crippen MR) is 120 cm³/mol. The Balaban J connectivity index is 3.38. The number of hydrogen-bond acceptors (Lipinski definition) is 5. The van der Waals surface area contributed by atoms with E-state index >= 15 is 0 Å². The van der Waals surface area contributed by atoms with E-state index in [-0.39, 0.29) is 12.7 Å². The lowest BCUT2D eigenvalue weighted by atomic mass is 10.1. The van der Waals surface area contributed by atoms with Gasteiger partial charge in [0, 0.05) is 26.0 Å². The fraction of sp³-hybridized carbons (Fsp3) is 0.950. The third-order valence-corrected chi connectivity index (χ3v) is 6.42. The van der Waals surface area contributed by atoms with Crippen molar-refractivity contribution >= 4 is 26.0 Å². The SMILES string of the molecule is CCCCN(C=O)CCCCCCCCCCCSCC(COP(=O)(O)O)OC. The van der Waals surface area contributed by atoms with Crippen LogP contribution in [0.15, 0.2) is 0 Å². The molecule has 0 aliphatic heterocycles. The Kier molecular flexibility index (Phi) is 19.8. The van der Waals surface area contributed by atoms with Gasteiger partial charge in [-0.1, -0.05) is 58.3 Å². The van der Waals surface area contributed by atoms with Crippen LogP contribution in [0.1, 0.15) is 77.6 Å². The van der Waals surface area contributed by atoms with E-state index in [9.17, 15) is 9.36 Å². The average Bonchev–Trinajstić information content (AvgIpc) is 2.69. The molecule has 0 heterocycles. The second kappa shape index (κ2) is 19.8. The molecule has 1 amide bonds. The van der Waals surface area contributed by atoms with Crippen LogP contribution in [-0.2, 0) is 18.6 Å². The molecule has 0 saturated carbocycles. The number of unbranched alkanes of at least 4 members (excludes halogenated alkanes) is 9. The van der Waals surface area contributed by atoms with Gasteiger partial charge in [-0.2, -0.15) is 11.8 Å². The number of carbonyl (C=O) groups is 1. The number of phosphoric acid groups is 1. The minimum atomic E-state index is -4.42. The largest absolute Gasteiger partial charge is 0.469 e. The van der Waals surface area contributed by atoms with Gasteiger partial charge in [0.1, 0.15) is 0 Å². The summed E-state index contributed by atoms with van der Waals surface area (Å²) in [4.78, 5) is 30.3. The van der Waals surface area contributed by atoms with Crippen molar-refractivity contribution in [1.29, 1.82) is 0 Å². The molecule has 0 rings (SSSR count). The van der Waals surface area contributed by atoms with Crippen LogP contribution in [0.3, 0.4) is 0 Å². The van der Waals surface area contributed by atoms with Gasteiger partial charge in [-0.3, -0.25) is 9.32 Å². The van der Waals surface area contributed by atoms with E-state index in [4.69, 9.17) is 14.5 Å². The highest BCUT2D eigenvalue weighted by molar-refractivity contribution is 7.99. The molecule has 9 heteroatoms. The van der Waals surface area contributed by atoms with E-state index in [2.05, 4.69) is 11.4 Å². The van der Waals surface area contributed by atoms with Crippen molar-refractivity contribution in [3.05, 3.63) is 0 Å². The van der Waals surface area contributed by atoms with E-state index < -0.39 is 7.82 Å². The number of phosphoric ester groups is 1. The minimum absolute atomic E-state index is 0.0836. The van der Waals surface area contributed by atoms with Gasteiger partial charge >= 0.3 is 7.82 Å². The minimum Gasteiger partial charge on any atom is -0.378 e. The Labute approximate surface area is 181 Å². The van der Waals surface area contributed by atoms with Crippen molar-refractivity contribution in [1.82, 2.24) is 4.90 Å². The average molecular weight is 456 g/mol. The van der Waals surface area contributed by atoms with E-state index in [1.165, 1.54) is 52.1 Å². The molecule has 0 aromatic rings. The molecule has 0 aromatic carbocycles. The highest BCUT2D eigenvalue weighted by Gasteiger charge is 2.17. The van der Waals surface area contributed by atoms with E-state index in [0.717, 1.165) is 50.9 Å². The van der Waals surface area contributed by atoms with Gasteiger partial charge in [0.2, 0.25) is 6.41 Å². The topological polar surface area (TPSA) is 96.3 Å². The molecule has 0 spiro atoms. The predicted octanol–water partition coefficient (Wildman–Crippen LogP) is 4.61. The van der Waals surface area contributed by atoms with Crippen LogP contribution >= 0.6 is 19.6 Å². The second-order valence-corrected chi connectivity index (χ2v) is 9.79. The van der Waals surface area contributed by atoms with Gasteiger partial charge < -0.3 is 19.4 Å². The molecule has 0 aromatic heterocycles. The Morgan fingerprint density at radius 3 is 2.03 bits per heavy atom. The lowest BCUT2D eigenvalue weighted by molar-refractivity contribution is -0.118. The van der Waals surface area contributed by atoms with Gasteiger partial charge in [-0.05, 0) is 25.0 Å². The molecule has 0 aliphatic rings. The van der Waals surface area contributed by atoms with Crippen molar-refractivity contribution in [3.8, 4) is 0 Å². The quantitative estimate of drug-likeness (QED) is 0.140. The highest BCUT2D eigenvalue weighted by Crippen LogP contribution is 2.36. The molecule has 29 heavy (non-hydrogen) atoms. The summed E-state index contributed by atoms with van der Waals surface area (Å²) in [6.07, 6.45) is 14.0. The number of methoxy groups -OCH3 is 1. The van der Waals surface area contributed by atoms with Crippen LogP contribution in [-0.4, -0.2) is 65.5 Å². The van der Waals surface area contributed by atoms with E-state index in [1.54, 1.807) is 11.8 Å². The first kappa shape index (κ1) is 28.9. The Morgan fingerprint density at radius 1 is 0.966 bits per heavy atom. The van der Waals surface area contributed by atoms with Crippen LogP contribution < -0.4 is 0 Å². The maximum absolute atomic E-state index is 10.9. The van der Waals surface area contributed by atoms with Crippen molar-refractivity contribution in [2.24, 2.45) is 0 Å². The summed E-state index contributed by atoms with van der Waals surface area (Å²) in [5.74, 6) is 1.71. The number of nitrogens with zero attached hydrogens (tertiary/aromatic N) is 1. The maximum Gasteiger partial charge on any atom is 0.469 e. The molecule has 0 bridgehead atoms. The first-order chi connectivity index (χ1) is 13.9. The van der Waals surface area contributed by atoms with Gasteiger partial charge in [0.05, 0.1) is 12.7 Å². The summed E-state index contributed by atoms with van der Waals surface area (Å²) in [5.41, 5.74) is 0. The lowest BCUT2D eigenvalue weighted by Crippen LogP contribution is -2.24. The molecule has 0 aliphatic carbocycles. The number of thioether (sulfide) groups is 1. The van der Waals surface area contributed by atoms with E-state index in [0.29, 0.717) is 5.75 Å². The van der Waals surface area contributed by atoms with Crippen molar-refractivity contribution in [2.45, 2.75) is 83.7 Å².